The minimum absolute atomic E-state index is 0.00704. The predicted molar refractivity (Wildman–Crippen MR) is 166 cm³/mol. The maximum atomic E-state index is 11.8. The van der Waals surface area contributed by atoms with Crippen molar-refractivity contribution in [2.24, 2.45) is 5.92 Å². The molecule has 1 fully saturated rings. The first-order valence-electron chi connectivity index (χ1n) is 17.3. The van der Waals surface area contributed by atoms with Gasteiger partial charge in [-0.15, -0.1) is 0 Å². The lowest BCUT2D eigenvalue weighted by atomic mass is 9.94. The summed E-state index contributed by atoms with van der Waals surface area (Å²) in [7, 11) is 0. The summed E-state index contributed by atoms with van der Waals surface area (Å²) in [5.41, 5.74) is 0. The monoisotopic (exact) mass is 537 g/mol. The summed E-state index contributed by atoms with van der Waals surface area (Å²) >= 11 is 0. The van der Waals surface area contributed by atoms with E-state index in [-0.39, 0.29) is 5.97 Å². The van der Waals surface area contributed by atoms with E-state index in [9.17, 15) is 4.79 Å². The number of hydrogen-bond acceptors (Lipinski definition) is 4. The number of rotatable bonds is 28. The maximum absolute atomic E-state index is 11.8. The topological polar surface area (TPSA) is 41.6 Å². The molecule has 0 aliphatic carbocycles. The predicted octanol–water partition coefficient (Wildman–Crippen LogP) is 9.45. The smallest absolute Gasteiger partial charge is 0.305 e. The molecule has 226 valence electrons. The molecule has 0 radical (unpaired) electrons. The van der Waals surface area contributed by atoms with Crippen LogP contribution in [-0.2, 0) is 9.53 Å². The second kappa shape index (κ2) is 27.9. The van der Waals surface area contributed by atoms with Gasteiger partial charge in [0.05, 0.1) is 6.61 Å². The van der Waals surface area contributed by atoms with Crippen LogP contribution in [0.15, 0.2) is 0 Å². The number of ether oxygens (including phenoxy) is 1. The van der Waals surface area contributed by atoms with Gasteiger partial charge in [0.25, 0.3) is 0 Å². The van der Waals surface area contributed by atoms with Crippen LogP contribution in [0.1, 0.15) is 168 Å². The van der Waals surface area contributed by atoms with Gasteiger partial charge in [-0.25, -0.2) is 0 Å². The Bertz CT molecular complexity index is 493. The molecule has 0 unspecified atom stereocenters. The van der Waals surface area contributed by atoms with Crippen LogP contribution in [-0.4, -0.2) is 50.2 Å². The molecular weight excluding hydrogens is 468 g/mol. The van der Waals surface area contributed by atoms with E-state index < -0.39 is 0 Å². The van der Waals surface area contributed by atoms with E-state index in [2.05, 4.69) is 24.1 Å². The zero-order chi connectivity index (χ0) is 27.4. The summed E-state index contributed by atoms with van der Waals surface area (Å²) in [6, 6.07) is 0. The minimum atomic E-state index is 0.00704. The van der Waals surface area contributed by atoms with Gasteiger partial charge in [0.2, 0.25) is 0 Å². The highest BCUT2D eigenvalue weighted by molar-refractivity contribution is 5.69. The molecule has 0 aromatic heterocycles. The average Bonchev–Trinajstić information content (AvgIpc) is 2.94. The van der Waals surface area contributed by atoms with Crippen molar-refractivity contribution < 1.29 is 9.53 Å². The van der Waals surface area contributed by atoms with Gasteiger partial charge in [-0.2, -0.15) is 0 Å². The SMILES string of the molecule is CCCCCCCCCCCCCCN(CCCCCCCC(=O)OCCCCC)CCC1CCNCC1. The summed E-state index contributed by atoms with van der Waals surface area (Å²) < 4.78 is 5.33. The van der Waals surface area contributed by atoms with Crippen molar-refractivity contribution in [3.05, 3.63) is 0 Å². The summed E-state index contributed by atoms with van der Waals surface area (Å²) in [5.74, 6) is 0.940. The maximum Gasteiger partial charge on any atom is 0.305 e. The molecule has 1 saturated heterocycles. The number of unbranched alkanes of at least 4 members (excludes halogenated alkanes) is 17. The molecule has 1 rings (SSSR count). The molecule has 0 atom stereocenters. The van der Waals surface area contributed by atoms with Gasteiger partial charge in [-0.05, 0) is 83.6 Å². The fourth-order valence-electron chi connectivity index (χ4n) is 5.79. The second-order valence-electron chi connectivity index (χ2n) is 12.2. The molecule has 4 heteroatoms. The Hall–Kier alpha value is -0.610. The van der Waals surface area contributed by atoms with Gasteiger partial charge in [-0.3, -0.25) is 4.79 Å². The van der Waals surface area contributed by atoms with Gasteiger partial charge in [0, 0.05) is 6.42 Å². The van der Waals surface area contributed by atoms with Crippen molar-refractivity contribution in [1.82, 2.24) is 10.2 Å². The van der Waals surface area contributed by atoms with E-state index in [4.69, 9.17) is 4.74 Å². The van der Waals surface area contributed by atoms with Crippen molar-refractivity contribution in [2.75, 3.05) is 39.3 Å². The summed E-state index contributed by atoms with van der Waals surface area (Å²) in [5, 5.41) is 3.52. The number of hydrogen-bond donors (Lipinski definition) is 1. The average molecular weight is 537 g/mol. The molecule has 0 saturated carbocycles. The third-order valence-electron chi connectivity index (χ3n) is 8.51. The van der Waals surface area contributed by atoms with E-state index in [1.54, 1.807) is 0 Å². The summed E-state index contributed by atoms with van der Waals surface area (Å²) in [6.07, 6.45) is 31.2. The minimum Gasteiger partial charge on any atom is -0.466 e. The molecule has 0 aromatic rings. The first-order valence-corrected chi connectivity index (χ1v) is 17.3. The van der Waals surface area contributed by atoms with Crippen LogP contribution >= 0.6 is 0 Å². The van der Waals surface area contributed by atoms with Crippen LogP contribution in [0.4, 0.5) is 0 Å². The Morgan fingerprint density at radius 3 is 1.66 bits per heavy atom. The number of esters is 1. The van der Waals surface area contributed by atoms with Crippen LogP contribution in [0.2, 0.25) is 0 Å². The fourth-order valence-corrected chi connectivity index (χ4v) is 5.79. The number of piperidine rings is 1. The Kier molecular flexibility index (Phi) is 26.0. The van der Waals surface area contributed by atoms with Gasteiger partial charge >= 0.3 is 5.97 Å². The highest BCUT2D eigenvalue weighted by Crippen LogP contribution is 2.18. The molecule has 0 aromatic carbocycles. The number of nitrogens with zero attached hydrogens (tertiary/aromatic N) is 1. The van der Waals surface area contributed by atoms with Gasteiger partial charge in [0.15, 0.2) is 0 Å². The highest BCUT2D eigenvalue weighted by Gasteiger charge is 2.14. The fraction of sp³-hybridized carbons (Fsp3) is 0.971. The van der Waals surface area contributed by atoms with Crippen LogP contribution in [0.3, 0.4) is 0 Å². The first-order chi connectivity index (χ1) is 18.8. The van der Waals surface area contributed by atoms with Crippen molar-refractivity contribution in [1.29, 1.82) is 0 Å². The lowest BCUT2D eigenvalue weighted by Crippen LogP contribution is -2.32. The largest absolute Gasteiger partial charge is 0.466 e. The second-order valence-corrected chi connectivity index (χ2v) is 12.2. The zero-order valence-corrected chi connectivity index (χ0v) is 26.1. The Morgan fingerprint density at radius 2 is 1.11 bits per heavy atom. The zero-order valence-electron chi connectivity index (χ0n) is 26.1. The third-order valence-corrected chi connectivity index (χ3v) is 8.51. The van der Waals surface area contributed by atoms with Crippen molar-refractivity contribution >= 4 is 5.97 Å². The molecule has 1 heterocycles. The first kappa shape index (κ1) is 35.4. The summed E-state index contributed by atoms with van der Waals surface area (Å²) in [6.45, 7) is 11.4. The van der Waals surface area contributed by atoms with E-state index in [1.807, 2.05) is 0 Å². The van der Waals surface area contributed by atoms with E-state index >= 15 is 0 Å². The molecule has 4 nitrogen and oxygen atoms in total. The van der Waals surface area contributed by atoms with E-state index in [1.165, 1.54) is 155 Å². The van der Waals surface area contributed by atoms with Crippen molar-refractivity contribution in [3.63, 3.8) is 0 Å². The van der Waals surface area contributed by atoms with Crippen molar-refractivity contribution in [2.45, 2.75) is 168 Å². The molecule has 1 N–H and O–H groups in total. The molecule has 0 spiro atoms. The van der Waals surface area contributed by atoms with E-state index in [0.29, 0.717) is 13.0 Å². The molecule has 0 amide bonds. The molecule has 0 bridgehead atoms. The van der Waals surface area contributed by atoms with E-state index in [0.717, 1.165) is 31.6 Å². The third kappa shape index (κ3) is 23.3. The van der Waals surface area contributed by atoms with Crippen molar-refractivity contribution in [3.8, 4) is 0 Å². The van der Waals surface area contributed by atoms with Gasteiger partial charge in [0.1, 0.15) is 0 Å². The lowest BCUT2D eigenvalue weighted by Gasteiger charge is -2.27. The standard InChI is InChI=1S/C34H68N2O2/c1-3-5-7-8-9-10-11-12-13-14-17-20-29-36(31-26-33-24-27-35-28-25-33)30-21-18-15-16-19-23-34(37)38-32-22-6-4-2/h33,35H,3-32H2,1-2H3. The molecule has 38 heavy (non-hydrogen) atoms. The quantitative estimate of drug-likeness (QED) is 0.0798. The lowest BCUT2D eigenvalue weighted by molar-refractivity contribution is -0.143. The van der Waals surface area contributed by atoms with Crippen LogP contribution in [0.25, 0.3) is 0 Å². The van der Waals surface area contributed by atoms with Crippen LogP contribution in [0, 0.1) is 5.92 Å². The Labute approximate surface area is 238 Å². The molecule has 1 aliphatic heterocycles. The number of carbonyl (C=O) groups is 1. The van der Waals surface area contributed by atoms with Crippen LogP contribution in [0.5, 0.6) is 0 Å². The summed E-state index contributed by atoms with van der Waals surface area (Å²) in [4.78, 5) is 14.6. The molecular formula is C34H68N2O2. The number of nitrogens with one attached hydrogen (secondary N) is 1. The number of carbonyl (C=O) groups excluding carboxylic acids is 1. The highest BCUT2D eigenvalue weighted by atomic mass is 16.5. The Balaban J connectivity index is 2.08. The van der Waals surface area contributed by atoms with Crippen LogP contribution < -0.4 is 5.32 Å². The normalized spacial score (nSPS) is 14.4. The Morgan fingerprint density at radius 1 is 0.632 bits per heavy atom. The van der Waals surface area contributed by atoms with Gasteiger partial charge in [-0.1, -0.05) is 117 Å². The molecule has 1 aliphatic rings. The van der Waals surface area contributed by atoms with Gasteiger partial charge < -0.3 is 15.0 Å².